The van der Waals surface area contributed by atoms with Crippen LogP contribution in [-0.2, 0) is 6.54 Å². The van der Waals surface area contributed by atoms with E-state index in [0.29, 0.717) is 26.2 Å². The van der Waals surface area contributed by atoms with E-state index in [-0.39, 0.29) is 5.69 Å². The molecule has 2 heterocycles. The Hall–Kier alpha value is -2.61. The normalized spacial score (nSPS) is 15.2. The van der Waals surface area contributed by atoms with Gasteiger partial charge in [0.05, 0.1) is 5.69 Å². The van der Waals surface area contributed by atoms with E-state index in [2.05, 4.69) is 15.2 Å². The van der Waals surface area contributed by atoms with Crippen molar-refractivity contribution >= 4 is 11.7 Å². The number of benzene rings is 1. The van der Waals surface area contributed by atoms with Crippen LogP contribution in [0.4, 0.5) is 23.7 Å². The molecule has 0 atom stereocenters. The number of aromatic nitrogens is 1. The molecule has 1 fully saturated rings. The van der Waals surface area contributed by atoms with Gasteiger partial charge in [0.2, 0.25) is 0 Å². The van der Waals surface area contributed by atoms with Crippen molar-refractivity contribution in [1.29, 1.82) is 0 Å². The number of hydrogen-bond acceptors (Lipinski definition) is 3. The predicted molar refractivity (Wildman–Crippen MR) is 86.4 cm³/mol. The topological polar surface area (TPSA) is 48.5 Å². The number of nitrogens with zero attached hydrogens (tertiary/aromatic N) is 3. The van der Waals surface area contributed by atoms with Crippen LogP contribution in [0.15, 0.2) is 36.7 Å². The Labute approximate surface area is 143 Å². The van der Waals surface area contributed by atoms with Gasteiger partial charge < -0.3 is 10.2 Å². The molecule has 1 aliphatic rings. The maximum atomic E-state index is 13.6. The summed E-state index contributed by atoms with van der Waals surface area (Å²) in [6, 6.07) is 5.10. The van der Waals surface area contributed by atoms with Crippen molar-refractivity contribution in [2.75, 3.05) is 31.5 Å². The number of carbonyl (C=O) groups excluding carboxylic acids is 1. The maximum Gasteiger partial charge on any atom is 0.322 e. The number of anilines is 1. The molecule has 1 saturated heterocycles. The first-order chi connectivity index (χ1) is 12.0. The summed E-state index contributed by atoms with van der Waals surface area (Å²) in [7, 11) is 0. The summed E-state index contributed by atoms with van der Waals surface area (Å²) in [6.45, 7) is 2.96. The average Bonchev–Trinajstić information content (AvgIpc) is 2.63. The number of nitrogens with one attached hydrogen (secondary N) is 1. The lowest BCUT2D eigenvalue weighted by Crippen LogP contribution is -2.49. The molecule has 2 amide bonds. The van der Waals surface area contributed by atoms with Gasteiger partial charge in [0.15, 0.2) is 17.5 Å². The molecule has 25 heavy (non-hydrogen) atoms. The Morgan fingerprint density at radius 3 is 2.52 bits per heavy atom. The smallest absolute Gasteiger partial charge is 0.322 e. The number of urea groups is 1. The molecule has 0 saturated carbocycles. The van der Waals surface area contributed by atoms with Gasteiger partial charge in [-0.2, -0.15) is 0 Å². The van der Waals surface area contributed by atoms with Crippen LogP contribution < -0.4 is 5.32 Å². The molecule has 0 spiro atoms. The second-order valence-electron chi connectivity index (χ2n) is 5.78. The monoisotopic (exact) mass is 350 g/mol. The van der Waals surface area contributed by atoms with Crippen LogP contribution in [0.5, 0.6) is 0 Å². The van der Waals surface area contributed by atoms with Crippen LogP contribution in [0.3, 0.4) is 0 Å². The molecule has 2 aromatic rings. The van der Waals surface area contributed by atoms with Gasteiger partial charge in [0.1, 0.15) is 0 Å². The van der Waals surface area contributed by atoms with Crippen molar-refractivity contribution < 1.29 is 18.0 Å². The number of rotatable bonds is 3. The third-order valence-corrected chi connectivity index (χ3v) is 4.07. The van der Waals surface area contributed by atoms with Gasteiger partial charge in [-0.25, -0.2) is 18.0 Å². The highest BCUT2D eigenvalue weighted by molar-refractivity contribution is 5.89. The van der Waals surface area contributed by atoms with Gasteiger partial charge in [-0.1, -0.05) is 6.07 Å². The largest absolute Gasteiger partial charge is 0.322 e. The van der Waals surface area contributed by atoms with Crippen molar-refractivity contribution in [3.05, 3.63) is 59.7 Å². The second-order valence-corrected chi connectivity index (χ2v) is 5.78. The SMILES string of the molecule is O=C(Nc1ccc(F)c(F)c1F)N1CCN(Cc2cccnc2)CC1. The summed E-state index contributed by atoms with van der Waals surface area (Å²) >= 11 is 0. The number of piperazine rings is 1. The van der Waals surface area contributed by atoms with Crippen molar-refractivity contribution in [2.45, 2.75) is 6.54 Å². The Morgan fingerprint density at radius 1 is 1.08 bits per heavy atom. The fourth-order valence-corrected chi connectivity index (χ4v) is 2.68. The van der Waals surface area contributed by atoms with E-state index in [4.69, 9.17) is 0 Å². The molecule has 132 valence electrons. The van der Waals surface area contributed by atoms with E-state index in [9.17, 15) is 18.0 Å². The van der Waals surface area contributed by atoms with E-state index in [0.717, 1.165) is 24.2 Å². The zero-order valence-corrected chi connectivity index (χ0v) is 13.4. The van der Waals surface area contributed by atoms with Crippen molar-refractivity contribution in [3.63, 3.8) is 0 Å². The molecule has 1 aliphatic heterocycles. The highest BCUT2D eigenvalue weighted by atomic mass is 19.2. The molecular weight excluding hydrogens is 333 g/mol. The number of amides is 2. The summed E-state index contributed by atoms with van der Waals surface area (Å²) in [5.74, 6) is -4.29. The van der Waals surface area contributed by atoms with E-state index in [1.165, 1.54) is 4.90 Å². The summed E-state index contributed by atoms with van der Waals surface area (Å²) in [5, 5.41) is 2.29. The van der Waals surface area contributed by atoms with Gasteiger partial charge in [-0.05, 0) is 23.8 Å². The lowest BCUT2D eigenvalue weighted by Gasteiger charge is -2.34. The Balaban J connectivity index is 1.54. The van der Waals surface area contributed by atoms with Crippen LogP contribution in [0.1, 0.15) is 5.56 Å². The van der Waals surface area contributed by atoms with Crippen molar-refractivity contribution in [2.24, 2.45) is 0 Å². The van der Waals surface area contributed by atoms with Gasteiger partial charge in [0, 0.05) is 45.1 Å². The zero-order chi connectivity index (χ0) is 17.8. The summed E-state index contributed by atoms with van der Waals surface area (Å²) in [6.07, 6.45) is 3.51. The van der Waals surface area contributed by atoms with Gasteiger partial charge in [-0.15, -0.1) is 0 Å². The maximum absolute atomic E-state index is 13.6. The minimum absolute atomic E-state index is 0.373. The van der Waals surface area contributed by atoms with Gasteiger partial charge >= 0.3 is 6.03 Å². The zero-order valence-electron chi connectivity index (χ0n) is 13.4. The molecule has 1 aromatic heterocycles. The minimum atomic E-state index is -1.60. The molecule has 0 aliphatic carbocycles. The Morgan fingerprint density at radius 2 is 1.84 bits per heavy atom. The molecule has 0 radical (unpaired) electrons. The molecule has 1 N–H and O–H groups in total. The van der Waals surface area contributed by atoms with E-state index < -0.39 is 23.5 Å². The first-order valence-corrected chi connectivity index (χ1v) is 7.85. The van der Waals surface area contributed by atoms with Crippen LogP contribution in [0.25, 0.3) is 0 Å². The average molecular weight is 350 g/mol. The summed E-state index contributed by atoms with van der Waals surface area (Å²) < 4.78 is 39.8. The molecule has 3 rings (SSSR count). The molecule has 0 bridgehead atoms. The number of pyridine rings is 1. The third-order valence-electron chi connectivity index (χ3n) is 4.07. The predicted octanol–water partition coefficient (Wildman–Crippen LogP) is 2.85. The third kappa shape index (κ3) is 4.08. The lowest BCUT2D eigenvalue weighted by atomic mass is 10.2. The van der Waals surface area contributed by atoms with Gasteiger partial charge in [0.25, 0.3) is 0 Å². The highest BCUT2D eigenvalue weighted by Gasteiger charge is 2.23. The quantitative estimate of drug-likeness (QED) is 0.866. The summed E-state index contributed by atoms with van der Waals surface area (Å²) in [5.41, 5.74) is 0.714. The highest BCUT2D eigenvalue weighted by Crippen LogP contribution is 2.20. The molecule has 0 unspecified atom stereocenters. The van der Waals surface area contributed by atoms with E-state index in [1.54, 1.807) is 12.4 Å². The lowest BCUT2D eigenvalue weighted by molar-refractivity contribution is 0.143. The van der Waals surface area contributed by atoms with Crippen LogP contribution in [0, 0.1) is 17.5 Å². The van der Waals surface area contributed by atoms with E-state index in [1.807, 2.05) is 12.1 Å². The van der Waals surface area contributed by atoms with E-state index >= 15 is 0 Å². The van der Waals surface area contributed by atoms with Crippen molar-refractivity contribution in [1.82, 2.24) is 14.8 Å². The Bertz CT molecular complexity index is 749. The second kappa shape index (κ2) is 7.52. The van der Waals surface area contributed by atoms with Crippen LogP contribution in [0.2, 0.25) is 0 Å². The van der Waals surface area contributed by atoms with Crippen LogP contribution in [-0.4, -0.2) is 47.0 Å². The van der Waals surface area contributed by atoms with Crippen LogP contribution >= 0.6 is 0 Å². The minimum Gasteiger partial charge on any atom is -0.322 e. The number of carbonyl (C=O) groups is 1. The standard InChI is InChI=1S/C17H17F3N4O/c18-13-3-4-14(16(20)15(13)19)22-17(25)24-8-6-23(7-9-24)11-12-2-1-5-21-10-12/h1-5,10H,6-9,11H2,(H,22,25). The fraction of sp³-hybridized carbons (Fsp3) is 0.294. The molecule has 8 heteroatoms. The molecule has 5 nitrogen and oxygen atoms in total. The molecule has 1 aromatic carbocycles. The number of hydrogen-bond donors (Lipinski definition) is 1. The molecular formula is C17H17F3N4O. The van der Waals surface area contributed by atoms with Gasteiger partial charge in [-0.3, -0.25) is 9.88 Å². The summed E-state index contributed by atoms with van der Waals surface area (Å²) in [4.78, 5) is 19.9. The fourth-order valence-electron chi connectivity index (χ4n) is 2.68. The number of halogens is 3. The first kappa shape index (κ1) is 17.2. The first-order valence-electron chi connectivity index (χ1n) is 7.85. The Kier molecular flexibility index (Phi) is 5.18. The van der Waals surface area contributed by atoms with Crippen molar-refractivity contribution in [3.8, 4) is 0 Å².